The Morgan fingerprint density at radius 1 is 1.32 bits per heavy atom. The maximum atomic E-state index is 5.89. The van der Waals surface area contributed by atoms with Crippen LogP contribution in [0.5, 0.6) is 0 Å². The molecule has 0 unspecified atom stereocenters. The molecule has 0 bridgehead atoms. The third-order valence-corrected chi connectivity index (χ3v) is 4.26. The lowest BCUT2D eigenvalue weighted by Crippen LogP contribution is -2.26. The Hall–Kier alpha value is -1.65. The molecule has 22 heavy (non-hydrogen) atoms. The first-order valence-electron chi connectivity index (χ1n) is 7.70. The van der Waals surface area contributed by atoms with Gasteiger partial charge in [-0.15, -0.1) is 0 Å². The molecule has 1 aromatic carbocycles. The average Bonchev–Trinajstić information content (AvgIpc) is 3.04. The third kappa shape index (κ3) is 3.76. The molecule has 1 aromatic heterocycles. The zero-order valence-corrected chi connectivity index (χ0v) is 13.4. The fourth-order valence-corrected chi connectivity index (χ4v) is 2.72. The molecule has 0 radical (unpaired) electrons. The van der Waals surface area contributed by atoms with Crippen LogP contribution < -0.4 is 5.32 Å². The predicted octanol–water partition coefficient (Wildman–Crippen LogP) is 4.40. The van der Waals surface area contributed by atoms with Crippen molar-refractivity contribution in [1.29, 1.82) is 0 Å². The number of allylic oxidation sites excluding steroid dienone is 2. The second-order valence-electron chi connectivity index (χ2n) is 5.75. The van der Waals surface area contributed by atoms with Crippen LogP contribution in [0.3, 0.4) is 0 Å². The maximum Gasteiger partial charge on any atom is 0.257 e. The van der Waals surface area contributed by atoms with Gasteiger partial charge in [0.05, 0.1) is 6.04 Å². The minimum atomic E-state index is 0.0794. The molecule has 0 fully saturated rings. The summed E-state index contributed by atoms with van der Waals surface area (Å²) in [5.74, 6) is 1.92. The van der Waals surface area contributed by atoms with Crippen LogP contribution in [0.4, 0.5) is 0 Å². The topological polar surface area (TPSA) is 51.0 Å². The van der Waals surface area contributed by atoms with E-state index < -0.39 is 0 Å². The Labute approximate surface area is 135 Å². The molecular weight excluding hydrogens is 298 g/mol. The molecule has 1 aliphatic carbocycles. The van der Waals surface area contributed by atoms with Gasteiger partial charge in [0.2, 0.25) is 0 Å². The van der Waals surface area contributed by atoms with Gasteiger partial charge in [0, 0.05) is 10.6 Å². The summed E-state index contributed by atoms with van der Waals surface area (Å²) < 4.78 is 5.35. The molecule has 2 aromatic rings. The highest BCUT2D eigenvalue weighted by atomic mass is 35.5. The summed E-state index contributed by atoms with van der Waals surface area (Å²) >= 11 is 5.89. The largest absolute Gasteiger partial charge is 0.334 e. The van der Waals surface area contributed by atoms with E-state index in [4.69, 9.17) is 16.1 Å². The highest BCUT2D eigenvalue weighted by molar-refractivity contribution is 6.30. The summed E-state index contributed by atoms with van der Waals surface area (Å²) in [4.78, 5) is 4.48. The minimum Gasteiger partial charge on any atom is -0.334 e. The summed E-state index contributed by atoms with van der Waals surface area (Å²) in [5, 5.41) is 8.28. The van der Waals surface area contributed by atoms with E-state index in [2.05, 4.69) is 34.5 Å². The van der Waals surface area contributed by atoms with Crippen LogP contribution >= 0.6 is 11.6 Å². The first kappa shape index (κ1) is 15.3. The fraction of sp³-hybridized carbons (Fsp3) is 0.412. The van der Waals surface area contributed by atoms with Gasteiger partial charge < -0.3 is 9.84 Å². The zero-order chi connectivity index (χ0) is 15.4. The molecule has 3 rings (SSSR count). The van der Waals surface area contributed by atoms with Crippen molar-refractivity contribution >= 4 is 11.6 Å². The lowest BCUT2D eigenvalue weighted by atomic mass is 9.94. The molecule has 2 atom stereocenters. The van der Waals surface area contributed by atoms with Crippen molar-refractivity contribution in [2.45, 2.75) is 32.2 Å². The van der Waals surface area contributed by atoms with Crippen molar-refractivity contribution in [3.8, 4) is 11.5 Å². The van der Waals surface area contributed by atoms with Gasteiger partial charge in [0.15, 0.2) is 5.82 Å². The molecule has 1 N–H and O–H groups in total. The average molecular weight is 318 g/mol. The van der Waals surface area contributed by atoms with Crippen molar-refractivity contribution < 1.29 is 4.52 Å². The summed E-state index contributed by atoms with van der Waals surface area (Å²) in [6.07, 6.45) is 8.12. The predicted molar refractivity (Wildman–Crippen MR) is 87.6 cm³/mol. The van der Waals surface area contributed by atoms with Crippen LogP contribution in [-0.4, -0.2) is 16.7 Å². The highest BCUT2D eigenvalue weighted by Crippen LogP contribution is 2.22. The van der Waals surface area contributed by atoms with Crippen LogP contribution in [0.1, 0.15) is 38.1 Å². The smallest absolute Gasteiger partial charge is 0.257 e. The maximum absolute atomic E-state index is 5.89. The molecule has 116 valence electrons. The number of nitrogens with one attached hydrogen (secondary N) is 1. The Morgan fingerprint density at radius 2 is 2.14 bits per heavy atom. The molecule has 1 aliphatic rings. The Balaban J connectivity index is 1.60. The first-order chi connectivity index (χ1) is 10.7. The van der Waals surface area contributed by atoms with Crippen LogP contribution in [0, 0.1) is 5.92 Å². The lowest BCUT2D eigenvalue weighted by Gasteiger charge is -2.20. The quantitative estimate of drug-likeness (QED) is 0.831. The van der Waals surface area contributed by atoms with Crippen LogP contribution in [0.2, 0.25) is 5.02 Å². The van der Waals surface area contributed by atoms with Crippen LogP contribution in [-0.2, 0) is 0 Å². The second-order valence-corrected chi connectivity index (χ2v) is 6.18. The number of hydrogen-bond acceptors (Lipinski definition) is 4. The van der Waals surface area contributed by atoms with Gasteiger partial charge in [-0.3, -0.25) is 0 Å². The third-order valence-electron chi connectivity index (χ3n) is 4.01. The van der Waals surface area contributed by atoms with E-state index in [9.17, 15) is 0 Å². The van der Waals surface area contributed by atoms with Crippen molar-refractivity contribution in [1.82, 2.24) is 15.5 Å². The number of nitrogens with zero attached hydrogens (tertiary/aromatic N) is 2. The minimum absolute atomic E-state index is 0.0794. The number of hydrogen-bond donors (Lipinski definition) is 1. The molecule has 0 saturated carbocycles. The van der Waals surface area contributed by atoms with E-state index in [-0.39, 0.29) is 6.04 Å². The standard InChI is InChI=1S/C17H20ClN3O/c1-12(19-11-13-5-3-2-4-6-13)16-20-17(22-21-16)14-7-9-15(18)10-8-14/h2-3,7-10,12-13,19H,4-6,11H2,1H3/t12-,13+/m1/s1. The van der Waals surface area contributed by atoms with Crippen LogP contribution in [0.15, 0.2) is 40.9 Å². The SMILES string of the molecule is C[C@@H](NC[C@H]1CC=CCC1)c1noc(-c2ccc(Cl)cc2)n1. The monoisotopic (exact) mass is 317 g/mol. The van der Waals surface area contributed by atoms with Crippen molar-refractivity contribution in [3.63, 3.8) is 0 Å². The molecule has 5 heteroatoms. The van der Waals surface area contributed by atoms with Gasteiger partial charge in [0.25, 0.3) is 5.89 Å². The summed E-state index contributed by atoms with van der Waals surface area (Å²) in [7, 11) is 0. The normalized spacial score (nSPS) is 19.3. The molecule has 1 heterocycles. The van der Waals surface area contributed by atoms with E-state index in [0.717, 1.165) is 18.5 Å². The van der Waals surface area contributed by atoms with Crippen LogP contribution in [0.25, 0.3) is 11.5 Å². The molecular formula is C17H20ClN3O. The molecule has 0 aliphatic heterocycles. The first-order valence-corrected chi connectivity index (χ1v) is 8.08. The zero-order valence-electron chi connectivity index (χ0n) is 12.6. The van der Waals surface area contributed by atoms with Gasteiger partial charge in [-0.2, -0.15) is 4.98 Å². The number of benzene rings is 1. The van der Waals surface area contributed by atoms with Gasteiger partial charge >= 0.3 is 0 Å². The fourth-order valence-electron chi connectivity index (χ4n) is 2.60. The van der Waals surface area contributed by atoms with Gasteiger partial charge in [-0.05, 0) is 62.9 Å². The Morgan fingerprint density at radius 3 is 2.86 bits per heavy atom. The van der Waals surface area contributed by atoms with Gasteiger partial charge in [-0.1, -0.05) is 28.9 Å². The summed E-state index contributed by atoms with van der Waals surface area (Å²) in [5.41, 5.74) is 0.882. The van der Waals surface area contributed by atoms with Crippen molar-refractivity contribution in [2.24, 2.45) is 5.92 Å². The summed E-state index contributed by atoms with van der Waals surface area (Å²) in [6, 6.07) is 7.48. The lowest BCUT2D eigenvalue weighted by molar-refractivity contribution is 0.386. The van der Waals surface area contributed by atoms with E-state index in [0.29, 0.717) is 22.7 Å². The number of rotatable bonds is 5. The van der Waals surface area contributed by atoms with E-state index in [1.165, 1.54) is 12.8 Å². The molecule has 0 spiro atoms. The molecule has 0 saturated heterocycles. The molecule has 4 nitrogen and oxygen atoms in total. The van der Waals surface area contributed by atoms with E-state index in [1.807, 2.05) is 24.3 Å². The Bertz CT molecular complexity index is 636. The highest BCUT2D eigenvalue weighted by Gasteiger charge is 2.17. The van der Waals surface area contributed by atoms with E-state index in [1.54, 1.807) is 0 Å². The van der Waals surface area contributed by atoms with Crippen molar-refractivity contribution in [3.05, 3.63) is 47.3 Å². The Kier molecular flexibility index (Phi) is 4.90. The second kappa shape index (κ2) is 7.07. The van der Waals surface area contributed by atoms with E-state index >= 15 is 0 Å². The number of aromatic nitrogens is 2. The van der Waals surface area contributed by atoms with Crippen molar-refractivity contribution in [2.75, 3.05) is 6.54 Å². The number of halogens is 1. The van der Waals surface area contributed by atoms with Gasteiger partial charge in [0.1, 0.15) is 0 Å². The summed E-state index contributed by atoms with van der Waals surface area (Å²) in [6.45, 7) is 3.05. The molecule has 0 amide bonds. The van der Waals surface area contributed by atoms with Gasteiger partial charge in [-0.25, -0.2) is 0 Å².